The van der Waals surface area contributed by atoms with Crippen LogP contribution in [0.2, 0.25) is 0 Å². The molecule has 3 aromatic rings. The molecule has 6 nitrogen and oxygen atoms in total. The van der Waals surface area contributed by atoms with Gasteiger partial charge in [-0.25, -0.2) is 4.98 Å². The summed E-state index contributed by atoms with van der Waals surface area (Å²) in [6.45, 7) is 2.19. The predicted octanol–water partition coefficient (Wildman–Crippen LogP) is 4.20. The number of nitrogens with zero attached hydrogens (tertiary/aromatic N) is 1. The number of ether oxygens (including phenoxy) is 1. The van der Waals surface area contributed by atoms with Crippen molar-refractivity contribution in [2.75, 3.05) is 24.3 Å². The van der Waals surface area contributed by atoms with Gasteiger partial charge in [-0.2, -0.15) is 0 Å². The van der Waals surface area contributed by atoms with Crippen LogP contribution in [0.3, 0.4) is 0 Å². The fourth-order valence-electron chi connectivity index (χ4n) is 2.82. The Bertz CT molecular complexity index is 1000. The van der Waals surface area contributed by atoms with Gasteiger partial charge in [0.05, 0.1) is 7.11 Å². The van der Waals surface area contributed by atoms with E-state index in [1.54, 1.807) is 49.7 Å². The third kappa shape index (κ3) is 5.65. The number of hydrogen-bond donors (Lipinski definition) is 2. The highest BCUT2D eigenvalue weighted by atomic mass is 16.5. The van der Waals surface area contributed by atoms with Gasteiger partial charge in [-0.1, -0.05) is 12.1 Å². The number of amides is 1. The number of rotatable bonds is 8. The van der Waals surface area contributed by atoms with Gasteiger partial charge in [0.2, 0.25) is 0 Å². The highest BCUT2D eigenvalue weighted by Gasteiger charge is 2.08. The van der Waals surface area contributed by atoms with Crippen molar-refractivity contribution in [3.05, 3.63) is 83.6 Å². The minimum absolute atomic E-state index is 0.0123. The molecule has 0 saturated carbocycles. The van der Waals surface area contributed by atoms with Gasteiger partial charge in [0.25, 0.3) is 5.91 Å². The maximum absolute atomic E-state index is 12.5. The van der Waals surface area contributed by atoms with Crippen molar-refractivity contribution in [2.45, 2.75) is 13.3 Å². The van der Waals surface area contributed by atoms with Crippen LogP contribution in [0.1, 0.15) is 33.2 Å². The molecule has 3 rings (SSSR count). The van der Waals surface area contributed by atoms with Crippen molar-refractivity contribution >= 4 is 23.2 Å². The molecule has 0 unspecified atom stereocenters. The van der Waals surface area contributed by atoms with E-state index in [4.69, 9.17) is 4.74 Å². The molecule has 1 aromatic heterocycles. The van der Waals surface area contributed by atoms with E-state index in [9.17, 15) is 9.59 Å². The van der Waals surface area contributed by atoms with Gasteiger partial charge in [-0.15, -0.1) is 0 Å². The smallest absolute Gasteiger partial charge is 0.255 e. The zero-order valence-corrected chi connectivity index (χ0v) is 16.4. The zero-order valence-electron chi connectivity index (χ0n) is 16.4. The van der Waals surface area contributed by atoms with E-state index in [-0.39, 0.29) is 11.7 Å². The minimum atomic E-state index is -0.237. The van der Waals surface area contributed by atoms with Crippen LogP contribution in [-0.2, 0) is 6.42 Å². The number of carbonyl (C=O) groups excluding carboxylic acids is 2. The monoisotopic (exact) mass is 389 g/mol. The van der Waals surface area contributed by atoms with Gasteiger partial charge >= 0.3 is 0 Å². The van der Waals surface area contributed by atoms with Crippen LogP contribution in [0.25, 0.3) is 0 Å². The minimum Gasteiger partial charge on any atom is -0.497 e. The van der Waals surface area contributed by atoms with Crippen molar-refractivity contribution in [3.8, 4) is 5.75 Å². The molecular formula is C23H23N3O3. The number of carbonyl (C=O) groups is 2. The lowest BCUT2D eigenvalue weighted by Crippen LogP contribution is -2.13. The summed E-state index contributed by atoms with van der Waals surface area (Å²) >= 11 is 0. The number of nitrogens with one attached hydrogen (secondary N) is 2. The number of pyridine rings is 1. The first-order chi connectivity index (χ1) is 14.0. The summed E-state index contributed by atoms with van der Waals surface area (Å²) < 4.78 is 5.23. The Kier molecular flexibility index (Phi) is 6.58. The lowest BCUT2D eigenvalue weighted by atomic mass is 10.1. The van der Waals surface area contributed by atoms with Crippen LogP contribution in [0, 0.1) is 0 Å². The molecule has 0 spiro atoms. The molecule has 0 saturated heterocycles. The van der Waals surface area contributed by atoms with E-state index >= 15 is 0 Å². The second-order valence-corrected chi connectivity index (χ2v) is 6.55. The van der Waals surface area contributed by atoms with Gasteiger partial charge in [0.15, 0.2) is 5.78 Å². The third-order valence-electron chi connectivity index (χ3n) is 4.43. The van der Waals surface area contributed by atoms with E-state index in [0.717, 1.165) is 17.7 Å². The number of hydrogen-bond acceptors (Lipinski definition) is 5. The van der Waals surface area contributed by atoms with Gasteiger partial charge in [-0.3, -0.25) is 9.59 Å². The topological polar surface area (TPSA) is 80.3 Å². The van der Waals surface area contributed by atoms with Crippen LogP contribution in [-0.4, -0.2) is 30.3 Å². The van der Waals surface area contributed by atoms with Crippen LogP contribution >= 0.6 is 0 Å². The van der Waals surface area contributed by atoms with E-state index in [0.29, 0.717) is 29.2 Å². The Morgan fingerprint density at radius 1 is 1.00 bits per heavy atom. The highest BCUT2D eigenvalue weighted by Crippen LogP contribution is 2.15. The summed E-state index contributed by atoms with van der Waals surface area (Å²) in [4.78, 5) is 28.1. The van der Waals surface area contributed by atoms with Gasteiger partial charge in [-0.05, 0) is 67.4 Å². The molecular weight excluding hydrogens is 366 g/mol. The first-order valence-electron chi connectivity index (χ1n) is 9.30. The number of anilines is 2. The molecule has 0 atom stereocenters. The van der Waals surface area contributed by atoms with Crippen LogP contribution < -0.4 is 15.4 Å². The fourth-order valence-corrected chi connectivity index (χ4v) is 2.82. The Morgan fingerprint density at radius 2 is 1.79 bits per heavy atom. The van der Waals surface area contributed by atoms with Gasteiger partial charge < -0.3 is 15.4 Å². The normalized spacial score (nSPS) is 10.3. The average molecular weight is 389 g/mol. The average Bonchev–Trinajstić information content (AvgIpc) is 2.74. The molecule has 6 heteroatoms. The summed E-state index contributed by atoms with van der Waals surface area (Å²) in [6.07, 6.45) is 2.40. The largest absolute Gasteiger partial charge is 0.497 e. The van der Waals surface area contributed by atoms with Crippen molar-refractivity contribution in [3.63, 3.8) is 0 Å². The summed E-state index contributed by atoms with van der Waals surface area (Å²) in [5.74, 6) is 1.21. The number of aromatic nitrogens is 1. The van der Waals surface area contributed by atoms with Crippen molar-refractivity contribution < 1.29 is 14.3 Å². The third-order valence-corrected chi connectivity index (χ3v) is 4.43. The molecule has 2 N–H and O–H groups in total. The fraction of sp³-hybridized carbons (Fsp3) is 0.174. The summed E-state index contributed by atoms with van der Waals surface area (Å²) in [5.41, 5.74) is 2.89. The molecule has 0 aliphatic heterocycles. The molecule has 1 heterocycles. The zero-order chi connectivity index (χ0) is 20.6. The maximum Gasteiger partial charge on any atom is 0.255 e. The predicted molar refractivity (Wildman–Crippen MR) is 114 cm³/mol. The summed E-state index contributed by atoms with van der Waals surface area (Å²) in [6, 6.07) is 18.1. The lowest BCUT2D eigenvalue weighted by molar-refractivity contribution is 0.101. The molecule has 1 amide bonds. The van der Waals surface area contributed by atoms with Gasteiger partial charge in [0, 0.05) is 29.6 Å². The Hall–Kier alpha value is -3.67. The maximum atomic E-state index is 12.5. The van der Waals surface area contributed by atoms with Crippen LogP contribution in [0.5, 0.6) is 5.75 Å². The SMILES string of the molecule is COc1cccc(CCNc2cc(C(=O)Nc3ccc(C(C)=O)cc3)ccn2)c1. The summed E-state index contributed by atoms with van der Waals surface area (Å²) in [7, 11) is 1.65. The van der Waals surface area contributed by atoms with Crippen molar-refractivity contribution in [2.24, 2.45) is 0 Å². The van der Waals surface area contributed by atoms with E-state index in [2.05, 4.69) is 15.6 Å². The summed E-state index contributed by atoms with van der Waals surface area (Å²) in [5, 5.41) is 6.07. The molecule has 0 radical (unpaired) electrons. The molecule has 148 valence electrons. The molecule has 0 aliphatic rings. The first kappa shape index (κ1) is 20.1. The second-order valence-electron chi connectivity index (χ2n) is 6.55. The Labute approximate surface area is 169 Å². The van der Waals surface area contributed by atoms with E-state index in [1.165, 1.54) is 6.92 Å². The van der Waals surface area contributed by atoms with Crippen molar-refractivity contribution in [1.82, 2.24) is 4.98 Å². The van der Waals surface area contributed by atoms with Crippen molar-refractivity contribution in [1.29, 1.82) is 0 Å². The number of Topliss-reactive ketones (excluding diaryl/α,β-unsaturated/α-hetero) is 1. The Morgan fingerprint density at radius 3 is 2.52 bits per heavy atom. The molecule has 0 bridgehead atoms. The molecule has 2 aromatic carbocycles. The Balaban J connectivity index is 1.58. The second kappa shape index (κ2) is 9.50. The van der Waals surface area contributed by atoms with E-state index < -0.39 is 0 Å². The standard InChI is InChI=1S/C23H23N3O3/c1-16(27)18-6-8-20(9-7-18)26-23(28)19-11-13-25-22(15-19)24-12-10-17-4-3-5-21(14-17)29-2/h3-9,11,13-15H,10,12H2,1-2H3,(H,24,25)(H,26,28). The number of methoxy groups -OCH3 is 1. The van der Waals surface area contributed by atoms with Crippen LogP contribution in [0.4, 0.5) is 11.5 Å². The van der Waals surface area contributed by atoms with Crippen LogP contribution in [0.15, 0.2) is 66.9 Å². The van der Waals surface area contributed by atoms with Gasteiger partial charge in [0.1, 0.15) is 11.6 Å². The lowest BCUT2D eigenvalue weighted by Gasteiger charge is -2.09. The molecule has 0 fully saturated rings. The first-order valence-corrected chi connectivity index (χ1v) is 9.30. The number of benzene rings is 2. The van der Waals surface area contributed by atoms with E-state index in [1.807, 2.05) is 24.3 Å². The number of ketones is 1. The quantitative estimate of drug-likeness (QED) is 0.565. The highest BCUT2D eigenvalue weighted by molar-refractivity contribution is 6.05. The molecule has 29 heavy (non-hydrogen) atoms. The molecule has 0 aliphatic carbocycles.